The Hall–Kier alpha value is -4.04. The van der Waals surface area contributed by atoms with Crippen LogP contribution in [0, 0.1) is 0 Å². The van der Waals surface area contributed by atoms with Gasteiger partial charge >= 0.3 is 0 Å². The molecule has 7 aromatic rings. The summed E-state index contributed by atoms with van der Waals surface area (Å²) in [6, 6.07) is 28.0. The van der Waals surface area contributed by atoms with Gasteiger partial charge in [-0.2, -0.15) is 0 Å². The van der Waals surface area contributed by atoms with E-state index >= 15 is 0 Å². The molecule has 7 aromatic carbocycles. The highest BCUT2D eigenvalue weighted by atomic mass is 16.1. The first kappa shape index (κ1) is 15.8. The lowest BCUT2D eigenvalue weighted by Crippen LogP contribution is -1.95. The van der Waals surface area contributed by atoms with Crippen LogP contribution in [0.2, 0.25) is 0 Å². The Balaban J connectivity index is 1.76. The molecule has 7 rings (SSSR count). The Kier molecular flexibility index (Phi) is 2.80. The van der Waals surface area contributed by atoms with Crippen LogP contribution in [0.4, 0.5) is 0 Å². The summed E-state index contributed by atoms with van der Waals surface area (Å²) in [5.74, 6) is 0. The van der Waals surface area contributed by atoms with Crippen molar-refractivity contribution in [1.82, 2.24) is 0 Å². The molecule has 0 heterocycles. The van der Waals surface area contributed by atoms with Crippen molar-refractivity contribution in [2.75, 3.05) is 0 Å². The average Bonchev–Trinajstić information content (AvgIpc) is 3.23. The van der Waals surface area contributed by atoms with Crippen molar-refractivity contribution < 1.29 is 0 Å². The summed E-state index contributed by atoms with van der Waals surface area (Å²) < 4.78 is 0. The highest BCUT2D eigenvalue weighted by molar-refractivity contribution is 6.27. The van der Waals surface area contributed by atoms with Crippen LogP contribution in [0.3, 0.4) is 0 Å². The van der Waals surface area contributed by atoms with Gasteiger partial charge in [0, 0.05) is 26.9 Å². The number of hydrogen-bond donors (Lipinski definition) is 0. The SMILES string of the molecule is O=c1c2ccccc2c2cc3c(=O)c4ccc5cc6ccccc6cc5c4c3cc12. The normalized spacial score (nSPS) is 12.3. The molecule has 0 N–H and O–H groups in total. The van der Waals surface area contributed by atoms with Crippen LogP contribution in [-0.2, 0) is 0 Å². The van der Waals surface area contributed by atoms with Crippen molar-refractivity contribution in [1.29, 1.82) is 0 Å². The molecule has 2 nitrogen and oxygen atoms in total. The van der Waals surface area contributed by atoms with Gasteiger partial charge in [-0.05, 0) is 68.0 Å². The van der Waals surface area contributed by atoms with Gasteiger partial charge in [-0.15, -0.1) is 0 Å². The van der Waals surface area contributed by atoms with E-state index in [1.807, 2.05) is 60.7 Å². The predicted molar refractivity (Wildman–Crippen MR) is 126 cm³/mol. The van der Waals surface area contributed by atoms with Crippen molar-refractivity contribution >= 4 is 64.6 Å². The van der Waals surface area contributed by atoms with Crippen LogP contribution in [0.25, 0.3) is 64.6 Å². The Bertz CT molecular complexity index is 1930. The number of fused-ring (bicyclic) bond motifs is 9. The van der Waals surface area contributed by atoms with Gasteiger partial charge in [0.05, 0.1) is 0 Å². The molecule has 0 aliphatic heterocycles. The van der Waals surface area contributed by atoms with Gasteiger partial charge in [-0.3, -0.25) is 9.59 Å². The van der Waals surface area contributed by atoms with E-state index in [0.717, 1.165) is 43.1 Å². The molecule has 0 aliphatic rings. The van der Waals surface area contributed by atoms with Crippen LogP contribution in [0.1, 0.15) is 0 Å². The Labute approximate surface area is 170 Å². The summed E-state index contributed by atoms with van der Waals surface area (Å²) in [7, 11) is 0. The standard InChI is InChI=1S/C28H14O2/c29-27-19-8-4-3-7-18(19)22-13-25-23(14-24(22)27)26-20(28(25)30)10-9-17-11-15-5-1-2-6-16(15)12-21(17)26/h1-14H. The fourth-order valence-electron chi connectivity index (χ4n) is 5.10. The molecule has 0 unspecified atom stereocenters. The van der Waals surface area contributed by atoms with Crippen LogP contribution < -0.4 is 10.9 Å². The zero-order valence-electron chi connectivity index (χ0n) is 15.9. The number of rotatable bonds is 0. The van der Waals surface area contributed by atoms with E-state index in [9.17, 15) is 9.59 Å². The van der Waals surface area contributed by atoms with E-state index in [0.29, 0.717) is 16.2 Å². The molecule has 0 fully saturated rings. The fourth-order valence-corrected chi connectivity index (χ4v) is 5.10. The van der Waals surface area contributed by atoms with Crippen molar-refractivity contribution in [3.8, 4) is 0 Å². The Morgan fingerprint density at radius 2 is 1.00 bits per heavy atom. The van der Waals surface area contributed by atoms with Gasteiger partial charge in [0.25, 0.3) is 0 Å². The molecule has 0 saturated carbocycles. The maximum atomic E-state index is 13.3. The zero-order valence-corrected chi connectivity index (χ0v) is 15.9. The minimum atomic E-state index is 0.0367. The molecule has 30 heavy (non-hydrogen) atoms. The van der Waals surface area contributed by atoms with Crippen molar-refractivity contribution in [2.24, 2.45) is 0 Å². The van der Waals surface area contributed by atoms with E-state index in [-0.39, 0.29) is 10.9 Å². The maximum absolute atomic E-state index is 13.3. The van der Waals surface area contributed by atoms with E-state index in [1.165, 1.54) is 5.39 Å². The van der Waals surface area contributed by atoms with Gasteiger partial charge < -0.3 is 0 Å². The fraction of sp³-hybridized carbons (Fsp3) is 0. The topological polar surface area (TPSA) is 34.1 Å². The molecule has 0 bridgehead atoms. The van der Waals surface area contributed by atoms with Gasteiger partial charge in [0.2, 0.25) is 0 Å². The second kappa shape index (κ2) is 5.31. The predicted octanol–water partition coefficient (Wildman–Crippen LogP) is 6.20. The summed E-state index contributed by atoms with van der Waals surface area (Å²) in [6.45, 7) is 0. The third kappa shape index (κ3) is 1.84. The third-order valence-electron chi connectivity index (χ3n) is 6.51. The minimum Gasteiger partial charge on any atom is -0.289 e. The van der Waals surface area contributed by atoms with Crippen molar-refractivity contribution in [3.63, 3.8) is 0 Å². The maximum Gasteiger partial charge on any atom is 0.194 e. The molecule has 0 aliphatic carbocycles. The van der Waals surface area contributed by atoms with Gasteiger partial charge in [-0.1, -0.05) is 54.6 Å². The molecule has 138 valence electrons. The van der Waals surface area contributed by atoms with E-state index in [4.69, 9.17) is 0 Å². The molecule has 0 atom stereocenters. The van der Waals surface area contributed by atoms with Crippen LogP contribution >= 0.6 is 0 Å². The lowest BCUT2D eigenvalue weighted by atomic mass is 9.99. The number of benzene rings is 5. The summed E-state index contributed by atoms with van der Waals surface area (Å²) in [4.78, 5) is 26.3. The first-order valence-corrected chi connectivity index (χ1v) is 10.0. The second-order valence-electron chi connectivity index (χ2n) is 8.06. The van der Waals surface area contributed by atoms with E-state index < -0.39 is 0 Å². The molecular formula is C28H14O2. The molecule has 0 radical (unpaired) electrons. The summed E-state index contributed by atoms with van der Waals surface area (Å²) in [6.07, 6.45) is 0. The molecule has 0 spiro atoms. The third-order valence-corrected chi connectivity index (χ3v) is 6.51. The summed E-state index contributed by atoms with van der Waals surface area (Å²) in [5, 5.41) is 10.9. The number of hydrogen-bond acceptors (Lipinski definition) is 2. The lowest BCUT2D eigenvalue weighted by Gasteiger charge is -2.04. The van der Waals surface area contributed by atoms with Gasteiger partial charge in [-0.25, -0.2) is 0 Å². The second-order valence-corrected chi connectivity index (χ2v) is 8.06. The highest BCUT2D eigenvalue weighted by Crippen LogP contribution is 2.36. The molecule has 0 aromatic heterocycles. The van der Waals surface area contributed by atoms with Crippen molar-refractivity contribution in [3.05, 3.63) is 105 Å². The quantitative estimate of drug-likeness (QED) is 0.293. The molecule has 2 heteroatoms. The van der Waals surface area contributed by atoms with E-state index in [2.05, 4.69) is 24.3 Å². The molecular weight excluding hydrogens is 368 g/mol. The van der Waals surface area contributed by atoms with Crippen LogP contribution in [0.5, 0.6) is 0 Å². The monoisotopic (exact) mass is 382 g/mol. The molecule has 0 amide bonds. The van der Waals surface area contributed by atoms with Gasteiger partial charge in [0.15, 0.2) is 10.9 Å². The van der Waals surface area contributed by atoms with Crippen LogP contribution in [-0.4, -0.2) is 0 Å². The van der Waals surface area contributed by atoms with Crippen molar-refractivity contribution in [2.45, 2.75) is 0 Å². The van der Waals surface area contributed by atoms with E-state index in [1.54, 1.807) is 0 Å². The van der Waals surface area contributed by atoms with Gasteiger partial charge in [0.1, 0.15) is 0 Å². The Morgan fingerprint density at radius 3 is 1.83 bits per heavy atom. The Morgan fingerprint density at radius 1 is 0.367 bits per heavy atom. The zero-order chi connectivity index (χ0) is 20.0. The largest absolute Gasteiger partial charge is 0.289 e. The smallest absolute Gasteiger partial charge is 0.194 e. The lowest BCUT2D eigenvalue weighted by molar-refractivity contribution is 1.79. The average molecular weight is 382 g/mol. The minimum absolute atomic E-state index is 0.0367. The van der Waals surface area contributed by atoms with Crippen LogP contribution in [0.15, 0.2) is 94.5 Å². The molecule has 0 saturated heterocycles. The summed E-state index contributed by atoms with van der Waals surface area (Å²) >= 11 is 0. The highest BCUT2D eigenvalue weighted by Gasteiger charge is 2.17. The summed E-state index contributed by atoms with van der Waals surface area (Å²) in [5.41, 5.74) is 0.0738. The first-order valence-electron chi connectivity index (χ1n) is 10.0. The first-order chi connectivity index (χ1) is 14.7.